The second kappa shape index (κ2) is 11.5. The zero-order chi connectivity index (χ0) is 25.3. The molecule has 0 amide bonds. The van der Waals surface area contributed by atoms with Crippen molar-refractivity contribution < 1.29 is 4.74 Å². The van der Waals surface area contributed by atoms with Gasteiger partial charge in [0.1, 0.15) is 0 Å². The van der Waals surface area contributed by atoms with Crippen molar-refractivity contribution in [2.75, 3.05) is 0 Å². The van der Waals surface area contributed by atoms with Gasteiger partial charge in [0.05, 0.1) is 12.2 Å². The van der Waals surface area contributed by atoms with E-state index in [1.54, 1.807) is 0 Å². The molecule has 2 nitrogen and oxygen atoms in total. The lowest BCUT2D eigenvalue weighted by Gasteiger charge is -2.62. The largest absolute Gasteiger partial charge is 0.375 e. The van der Waals surface area contributed by atoms with Crippen LogP contribution in [0, 0.1) is 52.8 Å². The molecule has 0 aromatic carbocycles. The second-order valence-electron chi connectivity index (χ2n) is 13.3. The van der Waals surface area contributed by atoms with Crippen molar-refractivity contribution in [1.29, 1.82) is 0 Å². The molecular weight excluding hydrogens is 414 g/mol. The molecular formula is C32H61NO. The van der Waals surface area contributed by atoms with Crippen LogP contribution in [0.1, 0.15) is 133 Å². The van der Waals surface area contributed by atoms with E-state index in [1.807, 2.05) is 27.7 Å². The Hall–Kier alpha value is -0.0800. The molecule has 2 aliphatic heterocycles. The Bertz CT molecular complexity index is 619. The van der Waals surface area contributed by atoms with Gasteiger partial charge in [-0.3, -0.25) is 0 Å². The third-order valence-corrected chi connectivity index (χ3v) is 11.9. The summed E-state index contributed by atoms with van der Waals surface area (Å²) < 4.78 is 5.92. The molecule has 6 aliphatic rings. The molecule has 6 rings (SSSR count). The molecule has 2 bridgehead atoms. The van der Waals surface area contributed by atoms with Crippen LogP contribution in [0.5, 0.6) is 0 Å². The standard InChI is InChI=1S/C28H49NO.2C2H6/c1-17-8-11-28(29)22(12-17)6-7-25-20(4)27(5,10-9-26(25)28)19(3)13-18(2)21-14-23-16-24(15-21)30-23;2*1-2/h17-26H,6-16,29H2,1-5H3;2*1-2H3. The molecule has 6 fully saturated rings. The Morgan fingerprint density at radius 3 is 2.09 bits per heavy atom. The molecule has 4 aliphatic carbocycles. The second-order valence-corrected chi connectivity index (χ2v) is 13.3. The molecule has 200 valence electrons. The van der Waals surface area contributed by atoms with Gasteiger partial charge in [0.25, 0.3) is 0 Å². The Labute approximate surface area is 213 Å². The number of nitrogens with two attached hydrogens (primary N) is 1. The van der Waals surface area contributed by atoms with Crippen molar-refractivity contribution >= 4 is 0 Å². The van der Waals surface area contributed by atoms with E-state index >= 15 is 0 Å². The highest BCUT2D eigenvalue weighted by Crippen LogP contribution is 2.61. The van der Waals surface area contributed by atoms with Crippen molar-refractivity contribution in [2.24, 2.45) is 58.5 Å². The van der Waals surface area contributed by atoms with Gasteiger partial charge < -0.3 is 10.5 Å². The summed E-state index contributed by atoms with van der Waals surface area (Å²) in [5, 5.41) is 0. The minimum absolute atomic E-state index is 0.157. The van der Waals surface area contributed by atoms with Crippen LogP contribution in [-0.4, -0.2) is 17.7 Å². The summed E-state index contributed by atoms with van der Waals surface area (Å²) in [6.07, 6.45) is 16.3. The van der Waals surface area contributed by atoms with Gasteiger partial charge in [-0.15, -0.1) is 0 Å². The fourth-order valence-electron chi connectivity index (χ4n) is 9.46. The molecule has 2 heterocycles. The molecule has 0 aromatic heterocycles. The molecule has 11 atom stereocenters. The van der Waals surface area contributed by atoms with Gasteiger partial charge in [-0.25, -0.2) is 0 Å². The summed E-state index contributed by atoms with van der Waals surface area (Å²) in [5.74, 6) is 6.76. The van der Waals surface area contributed by atoms with Gasteiger partial charge in [0, 0.05) is 5.54 Å². The van der Waals surface area contributed by atoms with E-state index in [0.717, 1.165) is 47.3 Å². The Balaban J connectivity index is 0.000000771. The highest BCUT2D eigenvalue weighted by atomic mass is 16.5. The van der Waals surface area contributed by atoms with E-state index in [1.165, 1.54) is 70.6 Å². The van der Waals surface area contributed by atoms with Gasteiger partial charge in [0.15, 0.2) is 0 Å². The monoisotopic (exact) mass is 475 g/mol. The fraction of sp³-hybridized carbons (Fsp3) is 1.00. The average molecular weight is 476 g/mol. The highest BCUT2D eigenvalue weighted by molar-refractivity contribution is 5.10. The number of rotatable bonds is 4. The van der Waals surface area contributed by atoms with Crippen LogP contribution in [0.15, 0.2) is 0 Å². The molecule has 0 aromatic rings. The first-order chi connectivity index (χ1) is 16.2. The first kappa shape index (κ1) is 28.5. The lowest BCUT2D eigenvalue weighted by Crippen LogP contribution is -2.63. The van der Waals surface area contributed by atoms with Gasteiger partial charge in [-0.2, -0.15) is 0 Å². The number of ether oxygens (including phenoxy) is 1. The summed E-state index contributed by atoms with van der Waals surface area (Å²) in [6, 6.07) is 0. The minimum atomic E-state index is 0.157. The zero-order valence-electron chi connectivity index (χ0n) is 24.5. The van der Waals surface area contributed by atoms with Crippen LogP contribution in [0.25, 0.3) is 0 Å². The zero-order valence-corrected chi connectivity index (χ0v) is 24.5. The van der Waals surface area contributed by atoms with Gasteiger partial charge in [0.2, 0.25) is 0 Å². The van der Waals surface area contributed by atoms with E-state index < -0.39 is 0 Å². The van der Waals surface area contributed by atoms with E-state index in [9.17, 15) is 0 Å². The lowest BCUT2D eigenvalue weighted by molar-refractivity contribution is -0.180. The maximum atomic E-state index is 7.29. The first-order valence-electron chi connectivity index (χ1n) is 15.6. The normalized spacial score (nSPS) is 48.9. The summed E-state index contributed by atoms with van der Waals surface area (Å²) in [7, 11) is 0. The SMILES string of the molecule is CC.CC.CC1CCC2(N)C(CCC3C(C)C(C)(C(C)CC(C)C4CC5CC(C4)O5)CCC32)C1. The third-order valence-electron chi connectivity index (χ3n) is 11.9. The quantitative estimate of drug-likeness (QED) is 0.440. The minimum Gasteiger partial charge on any atom is -0.375 e. The van der Waals surface area contributed by atoms with Crippen LogP contribution in [0.2, 0.25) is 0 Å². The number of hydrogen-bond donors (Lipinski definition) is 1. The Kier molecular flexibility index (Phi) is 9.67. The predicted molar refractivity (Wildman–Crippen MR) is 148 cm³/mol. The molecule has 2 heteroatoms. The topological polar surface area (TPSA) is 35.2 Å². The van der Waals surface area contributed by atoms with E-state index in [-0.39, 0.29) is 5.54 Å². The molecule has 34 heavy (non-hydrogen) atoms. The Morgan fingerprint density at radius 2 is 1.47 bits per heavy atom. The first-order valence-corrected chi connectivity index (χ1v) is 15.6. The molecule has 4 saturated carbocycles. The number of fused-ring (bicyclic) bond motifs is 5. The van der Waals surface area contributed by atoms with Crippen LogP contribution < -0.4 is 5.73 Å². The van der Waals surface area contributed by atoms with Gasteiger partial charge >= 0.3 is 0 Å². The van der Waals surface area contributed by atoms with Crippen LogP contribution in [0.3, 0.4) is 0 Å². The molecule has 0 spiro atoms. The molecule has 11 unspecified atom stereocenters. The number of hydrogen-bond acceptors (Lipinski definition) is 2. The Morgan fingerprint density at radius 1 is 0.853 bits per heavy atom. The maximum Gasteiger partial charge on any atom is 0.0606 e. The van der Waals surface area contributed by atoms with Crippen molar-refractivity contribution in [1.82, 2.24) is 0 Å². The summed E-state index contributed by atoms with van der Waals surface area (Å²) >= 11 is 0. The van der Waals surface area contributed by atoms with E-state index in [4.69, 9.17) is 10.5 Å². The molecule has 0 radical (unpaired) electrons. The van der Waals surface area contributed by atoms with Crippen molar-refractivity contribution in [2.45, 2.75) is 151 Å². The highest BCUT2D eigenvalue weighted by Gasteiger charge is 2.57. The smallest absolute Gasteiger partial charge is 0.0606 e. The summed E-state index contributed by atoms with van der Waals surface area (Å²) in [6.45, 7) is 20.9. The lowest BCUT2D eigenvalue weighted by atomic mass is 9.45. The summed E-state index contributed by atoms with van der Waals surface area (Å²) in [5.41, 5.74) is 7.94. The van der Waals surface area contributed by atoms with Crippen LogP contribution in [0.4, 0.5) is 0 Å². The fourth-order valence-corrected chi connectivity index (χ4v) is 9.46. The van der Waals surface area contributed by atoms with Gasteiger partial charge in [-0.05, 0) is 123 Å². The van der Waals surface area contributed by atoms with E-state index in [2.05, 4.69) is 34.6 Å². The van der Waals surface area contributed by atoms with Crippen molar-refractivity contribution in [3.63, 3.8) is 0 Å². The maximum absolute atomic E-state index is 7.29. The molecule has 2 saturated heterocycles. The van der Waals surface area contributed by atoms with Crippen LogP contribution >= 0.6 is 0 Å². The predicted octanol–water partition coefficient (Wildman–Crippen LogP) is 8.86. The van der Waals surface area contributed by atoms with E-state index in [0.29, 0.717) is 17.6 Å². The summed E-state index contributed by atoms with van der Waals surface area (Å²) in [4.78, 5) is 0. The third kappa shape index (κ3) is 5.16. The van der Waals surface area contributed by atoms with Crippen LogP contribution in [-0.2, 0) is 4.74 Å². The molecule has 2 N–H and O–H groups in total. The van der Waals surface area contributed by atoms with Crippen molar-refractivity contribution in [3.05, 3.63) is 0 Å². The average Bonchev–Trinajstić information content (AvgIpc) is 2.84. The van der Waals surface area contributed by atoms with Crippen molar-refractivity contribution in [3.8, 4) is 0 Å². The van der Waals surface area contributed by atoms with Gasteiger partial charge in [-0.1, -0.05) is 62.3 Å².